The summed E-state index contributed by atoms with van der Waals surface area (Å²) in [5.41, 5.74) is 2.66. The Kier molecular flexibility index (Phi) is 5.62. The summed E-state index contributed by atoms with van der Waals surface area (Å²) in [5.74, 6) is -2.02. The largest absolute Gasteiger partial charge is 0.454 e. The van der Waals surface area contributed by atoms with Gasteiger partial charge in [0.25, 0.3) is 5.91 Å². The molecular weight excluding hydrogens is 396 g/mol. The van der Waals surface area contributed by atoms with E-state index >= 15 is 0 Å². The first-order valence-electron chi connectivity index (χ1n) is 11.1. The van der Waals surface area contributed by atoms with Gasteiger partial charge in [-0.15, -0.1) is 0 Å². The number of aryl methyl sites for hydroxylation is 2. The molecule has 5 atom stereocenters. The number of ether oxygens (including phenoxy) is 1. The van der Waals surface area contributed by atoms with E-state index in [-0.39, 0.29) is 41.4 Å². The molecule has 3 aliphatic rings. The van der Waals surface area contributed by atoms with Crippen LogP contribution in [0.25, 0.3) is 0 Å². The lowest BCUT2D eigenvalue weighted by atomic mass is 9.81. The third-order valence-corrected chi connectivity index (χ3v) is 6.96. The van der Waals surface area contributed by atoms with Crippen molar-refractivity contribution in [3.63, 3.8) is 0 Å². The monoisotopic (exact) mass is 426 g/mol. The van der Waals surface area contributed by atoms with Gasteiger partial charge in [0.2, 0.25) is 11.8 Å². The maximum atomic E-state index is 13.1. The van der Waals surface area contributed by atoms with Gasteiger partial charge in [-0.1, -0.05) is 19.9 Å². The van der Waals surface area contributed by atoms with Gasteiger partial charge in [0.05, 0.1) is 11.8 Å². The number of rotatable bonds is 6. The smallest absolute Gasteiger partial charge is 0.330 e. The Morgan fingerprint density at radius 2 is 1.58 bits per heavy atom. The highest BCUT2D eigenvalue weighted by Crippen LogP contribution is 2.56. The van der Waals surface area contributed by atoms with Gasteiger partial charge < -0.3 is 10.1 Å². The number of esters is 1. The van der Waals surface area contributed by atoms with E-state index < -0.39 is 24.5 Å². The summed E-state index contributed by atoms with van der Waals surface area (Å²) in [4.78, 5) is 52.5. The summed E-state index contributed by atoms with van der Waals surface area (Å²) >= 11 is 0. The van der Waals surface area contributed by atoms with Crippen molar-refractivity contribution >= 4 is 29.4 Å². The summed E-state index contributed by atoms with van der Waals surface area (Å²) in [7, 11) is 0. The molecule has 7 nitrogen and oxygen atoms in total. The topological polar surface area (TPSA) is 92.8 Å². The number of benzene rings is 1. The third-order valence-electron chi connectivity index (χ3n) is 6.96. The predicted molar refractivity (Wildman–Crippen MR) is 114 cm³/mol. The van der Waals surface area contributed by atoms with Crippen LogP contribution in [0.15, 0.2) is 18.2 Å². The van der Waals surface area contributed by atoms with Gasteiger partial charge in [0.15, 0.2) is 6.61 Å². The molecule has 7 heteroatoms. The van der Waals surface area contributed by atoms with Crippen LogP contribution in [0.5, 0.6) is 0 Å². The summed E-state index contributed by atoms with van der Waals surface area (Å²) in [6.45, 7) is 6.96. The fourth-order valence-electron chi connectivity index (χ4n) is 5.85. The number of hydrogen-bond acceptors (Lipinski definition) is 5. The zero-order valence-electron chi connectivity index (χ0n) is 18.5. The van der Waals surface area contributed by atoms with Gasteiger partial charge in [0, 0.05) is 5.69 Å². The average Bonchev–Trinajstić information content (AvgIpc) is 3.35. The molecule has 0 unspecified atom stereocenters. The number of nitrogens with zero attached hydrogens (tertiary/aromatic N) is 1. The van der Waals surface area contributed by atoms with Crippen molar-refractivity contribution in [2.45, 2.75) is 53.0 Å². The fraction of sp³-hybridized carbons (Fsp3) is 0.583. The number of carbonyl (C=O) groups is 4. The number of fused-ring (bicyclic) bond motifs is 5. The molecule has 2 aliphatic carbocycles. The number of imide groups is 1. The Bertz CT molecular complexity index is 892. The second-order valence-electron chi connectivity index (χ2n) is 9.65. The van der Waals surface area contributed by atoms with Crippen molar-refractivity contribution in [1.82, 2.24) is 4.90 Å². The second-order valence-corrected chi connectivity index (χ2v) is 9.65. The molecule has 3 fully saturated rings. The first-order chi connectivity index (χ1) is 14.7. The quantitative estimate of drug-likeness (QED) is 0.558. The van der Waals surface area contributed by atoms with Crippen molar-refractivity contribution < 1.29 is 23.9 Å². The van der Waals surface area contributed by atoms with Gasteiger partial charge in [0.1, 0.15) is 6.04 Å². The molecule has 1 N–H and O–H groups in total. The molecule has 4 rings (SSSR count). The lowest BCUT2D eigenvalue weighted by Crippen LogP contribution is -2.50. The number of anilines is 1. The summed E-state index contributed by atoms with van der Waals surface area (Å²) in [6, 6.07) is 4.66. The van der Waals surface area contributed by atoms with Crippen LogP contribution in [0.4, 0.5) is 5.69 Å². The van der Waals surface area contributed by atoms with Crippen LogP contribution in [0.1, 0.15) is 44.2 Å². The maximum Gasteiger partial charge on any atom is 0.330 e. The van der Waals surface area contributed by atoms with Crippen LogP contribution < -0.4 is 5.32 Å². The SMILES string of the molecule is Cc1cc(C)cc(NC(=O)COC(=O)[C@H](C(C)C)N2C(=O)[C@H]3[C@H]4CC[C@@H](C4)[C@@H]3C2=O)c1. The first-order valence-corrected chi connectivity index (χ1v) is 11.1. The van der Waals surface area contributed by atoms with Crippen molar-refractivity contribution in [1.29, 1.82) is 0 Å². The molecule has 1 aliphatic heterocycles. The van der Waals surface area contributed by atoms with Crippen LogP contribution in [-0.2, 0) is 23.9 Å². The van der Waals surface area contributed by atoms with Crippen molar-refractivity contribution in [2.24, 2.45) is 29.6 Å². The van der Waals surface area contributed by atoms with E-state index in [0.29, 0.717) is 5.69 Å². The van der Waals surface area contributed by atoms with E-state index in [0.717, 1.165) is 35.3 Å². The number of amides is 3. The minimum absolute atomic E-state index is 0.238. The minimum atomic E-state index is -1.00. The van der Waals surface area contributed by atoms with E-state index in [2.05, 4.69) is 5.32 Å². The number of likely N-dealkylation sites (tertiary alicyclic amines) is 1. The zero-order valence-corrected chi connectivity index (χ0v) is 18.5. The molecule has 3 amide bonds. The fourth-order valence-corrected chi connectivity index (χ4v) is 5.85. The molecule has 1 aromatic carbocycles. The van der Waals surface area contributed by atoms with Crippen molar-refractivity contribution in [3.05, 3.63) is 29.3 Å². The van der Waals surface area contributed by atoms with Gasteiger partial charge >= 0.3 is 5.97 Å². The van der Waals surface area contributed by atoms with Crippen LogP contribution >= 0.6 is 0 Å². The van der Waals surface area contributed by atoms with Gasteiger partial charge in [-0.2, -0.15) is 0 Å². The molecule has 0 radical (unpaired) electrons. The standard InChI is InChI=1S/C24H30N2O5/c1-12(2)21(26-22(28)19-15-5-6-16(10-15)20(19)23(26)29)24(30)31-11-18(27)25-17-8-13(3)7-14(4)9-17/h7-9,12,15-16,19-21H,5-6,10-11H2,1-4H3,(H,25,27)/t15-,16-,19-,20-,21-/m0/s1. The molecule has 31 heavy (non-hydrogen) atoms. The lowest BCUT2D eigenvalue weighted by molar-refractivity contribution is -0.162. The summed E-state index contributed by atoms with van der Waals surface area (Å²) < 4.78 is 5.26. The van der Waals surface area contributed by atoms with E-state index in [1.165, 1.54) is 0 Å². The van der Waals surface area contributed by atoms with Crippen LogP contribution in [0.3, 0.4) is 0 Å². The van der Waals surface area contributed by atoms with Gasteiger partial charge in [-0.3, -0.25) is 19.3 Å². The number of carbonyl (C=O) groups excluding carboxylic acids is 4. The van der Waals surface area contributed by atoms with Crippen LogP contribution in [0, 0.1) is 43.4 Å². The zero-order chi connectivity index (χ0) is 22.4. The Balaban J connectivity index is 1.42. The van der Waals surface area contributed by atoms with E-state index in [1.54, 1.807) is 13.8 Å². The molecule has 1 heterocycles. The van der Waals surface area contributed by atoms with Gasteiger partial charge in [-0.05, 0) is 74.1 Å². The molecule has 166 valence electrons. The summed E-state index contributed by atoms with van der Waals surface area (Å²) in [5, 5.41) is 2.72. The lowest BCUT2D eigenvalue weighted by Gasteiger charge is -2.28. The predicted octanol–water partition coefficient (Wildman–Crippen LogP) is 2.84. The highest BCUT2D eigenvalue weighted by atomic mass is 16.5. The van der Waals surface area contributed by atoms with Crippen molar-refractivity contribution in [3.8, 4) is 0 Å². The maximum absolute atomic E-state index is 13.1. The molecule has 1 aromatic rings. The first kappa shape index (κ1) is 21.5. The molecule has 1 saturated heterocycles. The Hall–Kier alpha value is -2.70. The van der Waals surface area contributed by atoms with Crippen molar-refractivity contribution in [2.75, 3.05) is 11.9 Å². The molecular formula is C24H30N2O5. The molecule has 2 bridgehead atoms. The molecule has 0 spiro atoms. The summed E-state index contributed by atoms with van der Waals surface area (Å²) in [6.07, 6.45) is 2.90. The highest BCUT2D eigenvalue weighted by molar-refractivity contribution is 6.08. The minimum Gasteiger partial charge on any atom is -0.454 e. The average molecular weight is 427 g/mol. The normalized spacial score (nSPS) is 27.6. The van der Waals surface area contributed by atoms with Crippen LogP contribution in [0.2, 0.25) is 0 Å². The van der Waals surface area contributed by atoms with Crippen LogP contribution in [-0.4, -0.2) is 41.2 Å². The Morgan fingerprint density at radius 3 is 2.10 bits per heavy atom. The number of hydrogen-bond donors (Lipinski definition) is 1. The molecule has 0 aromatic heterocycles. The molecule has 2 saturated carbocycles. The Labute approximate surface area is 182 Å². The van der Waals surface area contributed by atoms with Gasteiger partial charge in [-0.25, -0.2) is 4.79 Å². The van der Waals surface area contributed by atoms with E-state index in [4.69, 9.17) is 4.74 Å². The second kappa shape index (κ2) is 8.09. The van der Waals surface area contributed by atoms with E-state index in [9.17, 15) is 19.2 Å². The number of nitrogens with one attached hydrogen (secondary N) is 1. The highest BCUT2D eigenvalue weighted by Gasteiger charge is 2.62. The third kappa shape index (κ3) is 3.86. The van der Waals surface area contributed by atoms with E-state index in [1.807, 2.05) is 32.0 Å². The Morgan fingerprint density at radius 1 is 1.03 bits per heavy atom.